The molecule has 2 atom stereocenters. The molecule has 4 heteroatoms. The molecule has 1 fully saturated rings. The number of nitrogens with one attached hydrogen (secondary N) is 1. The number of anilines is 1. The van der Waals surface area contributed by atoms with E-state index in [2.05, 4.69) is 12.2 Å². The number of amides is 1. The van der Waals surface area contributed by atoms with Gasteiger partial charge in [-0.05, 0) is 42.2 Å². The van der Waals surface area contributed by atoms with E-state index in [1.165, 1.54) is 12.1 Å². The summed E-state index contributed by atoms with van der Waals surface area (Å²) in [5.41, 5.74) is 1.63. The minimum Gasteiger partial charge on any atom is -0.489 e. The van der Waals surface area contributed by atoms with E-state index in [4.69, 9.17) is 4.74 Å². The Kier molecular flexibility index (Phi) is 4.09. The zero-order valence-corrected chi connectivity index (χ0v) is 12.4. The fourth-order valence-electron chi connectivity index (χ4n) is 2.33. The number of rotatable bonds is 5. The maximum absolute atomic E-state index is 12.8. The number of ether oxygens (including phenoxy) is 1. The second-order valence-corrected chi connectivity index (χ2v) is 5.75. The maximum Gasteiger partial charge on any atom is 0.227 e. The predicted molar refractivity (Wildman–Crippen MR) is 83.1 cm³/mol. The van der Waals surface area contributed by atoms with Gasteiger partial charge in [0.1, 0.15) is 18.2 Å². The molecule has 1 aliphatic rings. The van der Waals surface area contributed by atoms with Gasteiger partial charge in [-0.25, -0.2) is 4.39 Å². The molecular weight excluding hydrogens is 281 g/mol. The number of benzene rings is 2. The van der Waals surface area contributed by atoms with Crippen LogP contribution in [0.15, 0.2) is 48.5 Å². The van der Waals surface area contributed by atoms with Crippen molar-refractivity contribution in [3.63, 3.8) is 0 Å². The first kappa shape index (κ1) is 14.6. The van der Waals surface area contributed by atoms with E-state index < -0.39 is 0 Å². The molecule has 2 unspecified atom stereocenters. The van der Waals surface area contributed by atoms with E-state index in [9.17, 15) is 9.18 Å². The quantitative estimate of drug-likeness (QED) is 0.906. The van der Waals surface area contributed by atoms with E-state index in [1.807, 2.05) is 18.2 Å². The highest BCUT2D eigenvalue weighted by Crippen LogP contribution is 2.38. The van der Waals surface area contributed by atoms with Crippen LogP contribution < -0.4 is 10.1 Å². The van der Waals surface area contributed by atoms with Gasteiger partial charge in [-0.1, -0.05) is 25.1 Å². The molecule has 3 rings (SSSR count). The highest BCUT2D eigenvalue weighted by Gasteiger charge is 2.39. The van der Waals surface area contributed by atoms with E-state index in [1.54, 1.807) is 18.2 Å². The molecule has 2 aromatic rings. The van der Waals surface area contributed by atoms with Crippen molar-refractivity contribution < 1.29 is 13.9 Å². The van der Waals surface area contributed by atoms with Crippen molar-refractivity contribution in [1.82, 2.24) is 0 Å². The topological polar surface area (TPSA) is 38.3 Å². The third kappa shape index (κ3) is 3.64. The van der Waals surface area contributed by atoms with Crippen LogP contribution in [0.4, 0.5) is 10.1 Å². The molecule has 2 aromatic carbocycles. The van der Waals surface area contributed by atoms with Gasteiger partial charge in [-0.15, -0.1) is 0 Å². The summed E-state index contributed by atoms with van der Waals surface area (Å²) < 4.78 is 18.5. The number of hydrogen-bond donors (Lipinski definition) is 1. The molecule has 1 amide bonds. The fourth-order valence-corrected chi connectivity index (χ4v) is 2.33. The molecule has 0 aliphatic heterocycles. The van der Waals surface area contributed by atoms with Gasteiger partial charge in [0.15, 0.2) is 0 Å². The van der Waals surface area contributed by atoms with E-state index in [0.29, 0.717) is 18.3 Å². The van der Waals surface area contributed by atoms with Crippen LogP contribution in [0.1, 0.15) is 18.9 Å². The molecule has 0 saturated heterocycles. The Bertz CT molecular complexity index is 669. The van der Waals surface area contributed by atoms with Gasteiger partial charge in [0.2, 0.25) is 5.91 Å². The van der Waals surface area contributed by atoms with Crippen LogP contribution in [0.5, 0.6) is 5.75 Å². The zero-order valence-electron chi connectivity index (χ0n) is 12.4. The Morgan fingerprint density at radius 2 is 2.00 bits per heavy atom. The van der Waals surface area contributed by atoms with Gasteiger partial charge in [0.05, 0.1) is 0 Å². The molecule has 3 nitrogen and oxygen atoms in total. The van der Waals surface area contributed by atoms with Crippen molar-refractivity contribution >= 4 is 11.6 Å². The maximum atomic E-state index is 12.8. The first-order valence-corrected chi connectivity index (χ1v) is 7.40. The Hall–Kier alpha value is -2.36. The van der Waals surface area contributed by atoms with Gasteiger partial charge >= 0.3 is 0 Å². The molecule has 114 valence electrons. The molecule has 1 N–H and O–H groups in total. The summed E-state index contributed by atoms with van der Waals surface area (Å²) in [6.45, 7) is 2.43. The first-order valence-electron chi connectivity index (χ1n) is 7.40. The van der Waals surface area contributed by atoms with Crippen LogP contribution in [0, 0.1) is 17.7 Å². The Morgan fingerprint density at radius 1 is 1.27 bits per heavy atom. The third-order valence-corrected chi connectivity index (χ3v) is 3.87. The van der Waals surface area contributed by atoms with Crippen LogP contribution in [-0.2, 0) is 11.4 Å². The summed E-state index contributed by atoms with van der Waals surface area (Å²) in [4.78, 5) is 11.9. The number of carbonyl (C=O) groups is 1. The smallest absolute Gasteiger partial charge is 0.227 e. The van der Waals surface area contributed by atoms with E-state index >= 15 is 0 Å². The average molecular weight is 299 g/mol. The van der Waals surface area contributed by atoms with Gasteiger partial charge < -0.3 is 10.1 Å². The van der Waals surface area contributed by atoms with Crippen molar-refractivity contribution in [1.29, 1.82) is 0 Å². The summed E-state index contributed by atoms with van der Waals surface area (Å²) in [5.74, 6) is 1.11. The van der Waals surface area contributed by atoms with Crippen molar-refractivity contribution in [2.24, 2.45) is 11.8 Å². The molecule has 22 heavy (non-hydrogen) atoms. The second kappa shape index (κ2) is 6.18. The summed E-state index contributed by atoms with van der Waals surface area (Å²) in [7, 11) is 0. The second-order valence-electron chi connectivity index (χ2n) is 5.75. The van der Waals surface area contributed by atoms with Crippen LogP contribution in [0.2, 0.25) is 0 Å². The molecule has 0 heterocycles. The Labute approximate surface area is 129 Å². The number of hydrogen-bond acceptors (Lipinski definition) is 2. The minimum absolute atomic E-state index is 0.0724. The summed E-state index contributed by atoms with van der Waals surface area (Å²) in [5, 5.41) is 2.91. The van der Waals surface area contributed by atoms with Gasteiger partial charge in [-0.3, -0.25) is 4.79 Å². The van der Waals surface area contributed by atoms with Crippen molar-refractivity contribution in [3.05, 3.63) is 59.9 Å². The van der Waals surface area contributed by atoms with Gasteiger partial charge in [-0.2, -0.15) is 0 Å². The highest BCUT2D eigenvalue weighted by molar-refractivity contribution is 5.94. The summed E-state index contributed by atoms with van der Waals surface area (Å²) in [6, 6.07) is 13.5. The fraction of sp³-hybridized carbons (Fsp3) is 0.278. The van der Waals surface area contributed by atoms with Gasteiger partial charge in [0, 0.05) is 17.7 Å². The van der Waals surface area contributed by atoms with Crippen molar-refractivity contribution in [2.75, 3.05) is 5.32 Å². The largest absolute Gasteiger partial charge is 0.489 e. The SMILES string of the molecule is CC1CC1C(=O)Nc1cccc(OCc2ccc(F)cc2)c1. The van der Waals surface area contributed by atoms with Crippen LogP contribution in [-0.4, -0.2) is 5.91 Å². The first-order chi connectivity index (χ1) is 10.6. The molecule has 0 bridgehead atoms. The molecule has 0 spiro atoms. The Morgan fingerprint density at radius 3 is 2.68 bits per heavy atom. The lowest BCUT2D eigenvalue weighted by molar-refractivity contribution is -0.117. The van der Waals surface area contributed by atoms with E-state index in [0.717, 1.165) is 17.7 Å². The summed E-state index contributed by atoms with van der Waals surface area (Å²) >= 11 is 0. The van der Waals surface area contributed by atoms with Crippen molar-refractivity contribution in [3.8, 4) is 5.75 Å². The predicted octanol–water partition coefficient (Wildman–Crippen LogP) is 4.00. The standard InChI is InChI=1S/C18H18FNO2/c1-12-9-17(12)18(21)20-15-3-2-4-16(10-15)22-11-13-5-7-14(19)8-6-13/h2-8,10,12,17H,9,11H2,1H3,(H,20,21). The third-order valence-electron chi connectivity index (χ3n) is 3.87. The highest BCUT2D eigenvalue weighted by atomic mass is 19.1. The lowest BCUT2D eigenvalue weighted by Gasteiger charge is -2.09. The average Bonchev–Trinajstić information content (AvgIpc) is 3.24. The lowest BCUT2D eigenvalue weighted by Crippen LogP contribution is -2.14. The normalized spacial score (nSPS) is 19.5. The van der Waals surface area contributed by atoms with E-state index in [-0.39, 0.29) is 17.6 Å². The molecule has 1 aliphatic carbocycles. The molecular formula is C18H18FNO2. The minimum atomic E-state index is -0.261. The Balaban J connectivity index is 1.58. The summed E-state index contributed by atoms with van der Waals surface area (Å²) in [6.07, 6.45) is 0.965. The van der Waals surface area contributed by atoms with Gasteiger partial charge in [0.25, 0.3) is 0 Å². The zero-order chi connectivity index (χ0) is 15.5. The lowest BCUT2D eigenvalue weighted by atomic mass is 10.2. The molecule has 1 saturated carbocycles. The number of halogens is 1. The van der Waals surface area contributed by atoms with Crippen LogP contribution >= 0.6 is 0 Å². The molecule has 0 aromatic heterocycles. The van der Waals surface area contributed by atoms with Crippen LogP contribution in [0.3, 0.4) is 0 Å². The monoisotopic (exact) mass is 299 g/mol. The van der Waals surface area contributed by atoms with Crippen molar-refractivity contribution in [2.45, 2.75) is 20.0 Å². The van der Waals surface area contributed by atoms with Crippen LogP contribution in [0.25, 0.3) is 0 Å². The number of carbonyl (C=O) groups excluding carboxylic acids is 1. The molecule has 0 radical (unpaired) electrons.